The Hall–Kier alpha value is -7.42. The van der Waals surface area contributed by atoms with E-state index in [4.69, 9.17) is 4.42 Å². The summed E-state index contributed by atoms with van der Waals surface area (Å²) >= 11 is 0. The summed E-state index contributed by atoms with van der Waals surface area (Å²) in [5, 5.41) is 12.4. The topological polar surface area (TPSA) is 18.1 Å². The van der Waals surface area contributed by atoms with Crippen molar-refractivity contribution in [3.8, 4) is 39.1 Å². The molecule has 0 bridgehead atoms. The minimum absolute atomic E-state index is 0.889. The van der Waals surface area contributed by atoms with Gasteiger partial charge in [-0.15, -0.1) is 0 Å². The SMILES string of the molecule is c1ccc(-c2ccc3oc4cc5c(cc4c3c2)c2cc(-c3ccccc3-c3ccc4c6ccccc6c6ccccc6c4c3)ccc2n5-c2ccccc2)cc1. The van der Waals surface area contributed by atoms with Crippen molar-refractivity contribution in [2.45, 2.75) is 0 Å². The number of benzene rings is 10. The van der Waals surface area contributed by atoms with Gasteiger partial charge in [0, 0.05) is 33.3 Å². The van der Waals surface area contributed by atoms with Crippen molar-refractivity contribution < 1.29 is 4.42 Å². The first-order valence-electron chi connectivity index (χ1n) is 19.3. The van der Waals surface area contributed by atoms with Gasteiger partial charge >= 0.3 is 0 Å². The lowest BCUT2D eigenvalue weighted by atomic mass is 9.89. The summed E-state index contributed by atoms with van der Waals surface area (Å²) in [6.07, 6.45) is 0. The van der Waals surface area contributed by atoms with Crippen LogP contribution in [0.2, 0.25) is 0 Å². The first-order valence-corrected chi connectivity index (χ1v) is 19.3. The molecule has 0 N–H and O–H groups in total. The number of aromatic nitrogens is 1. The van der Waals surface area contributed by atoms with Gasteiger partial charge in [0.15, 0.2) is 0 Å². The van der Waals surface area contributed by atoms with Gasteiger partial charge in [-0.1, -0.05) is 146 Å². The van der Waals surface area contributed by atoms with Gasteiger partial charge in [0.05, 0.1) is 11.0 Å². The highest BCUT2D eigenvalue weighted by Gasteiger charge is 2.19. The van der Waals surface area contributed by atoms with E-state index in [2.05, 4.69) is 205 Å². The van der Waals surface area contributed by atoms with Crippen LogP contribution in [0, 0.1) is 0 Å². The Kier molecular flexibility index (Phi) is 6.66. The quantitative estimate of drug-likeness (QED) is 0.166. The van der Waals surface area contributed by atoms with E-state index in [0.717, 1.165) is 33.1 Å². The van der Waals surface area contributed by atoms with E-state index in [1.54, 1.807) is 0 Å². The van der Waals surface area contributed by atoms with Gasteiger partial charge in [0.25, 0.3) is 0 Å². The highest BCUT2D eigenvalue weighted by atomic mass is 16.3. The number of hydrogen-bond donors (Lipinski definition) is 0. The molecule has 0 aliphatic heterocycles. The third kappa shape index (κ3) is 4.63. The predicted molar refractivity (Wildman–Crippen MR) is 237 cm³/mol. The number of hydrogen-bond acceptors (Lipinski definition) is 1. The molecule has 0 atom stereocenters. The van der Waals surface area contributed by atoms with Gasteiger partial charge < -0.3 is 8.98 Å². The summed E-state index contributed by atoms with van der Waals surface area (Å²) in [5.41, 5.74) is 12.4. The van der Waals surface area contributed by atoms with Crippen LogP contribution >= 0.6 is 0 Å². The third-order valence-electron chi connectivity index (χ3n) is 11.8. The molecule has 0 radical (unpaired) electrons. The summed E-state index contributed by atoms with van der Waals surface area (Å²) in [5.74, 6) is 0. The number of nitrogens with zero attached hydrogens (tertiary/aromatic N) is 1. The van der Waals surface area contributed by atoms with Crippen LogP contribution in [0.3, 0.4) is 0 Å². The standard InChI is InChI=1S/C54H33NO/c1-3-13-34(14-4-1)35-25-28-53-49(29-35)50-32-48-47-31-37(24-27-51(47)55(38-15-5-2-6-16-38)52(48)33-54(50)56-53)40-18-8-7-17-39(40)36-23-26-45-43-21-10-9-19-41(43)42-20-11-12-22-44(42)46(45)30-36/h1-33H. The average molecular weight is 712 g/mol. The zero-order valence-corrected chi connectivity index (χ0v) is 30.4. The summed E-state index contributed by atoms with van der Waals surface area (Å²) in [6.45, 7) is 0. The monoisotopic (exact) mass is 711 g/mol. The van der Waals surface area contributed by atoms with E-state index >= 15 is 0 Å². The lowest BCUT2D eigenvalue weighted by Crippen LogP contribution is -1.93. The molecule has 0 spiro atoms. The Labute approximate surface area is 323 Å². The van der Waals surface area contributed by atoms with E-state index in [9.17, 15) is 0 Å². The molecule has 2 aromatic heterocycles. The van der Waals surface area contributed by atoms with Crippen LogP contribution in [0.4, 0.5) is 0 Å². The second-order valence-electron chi connectivity index (χ2n) is 14.8. The summed E-state index contributed by atoms with van der Waals surface area (Å²) in [6, 6.07) is 72.8. The van der Waals surface area contributed by atoms with Crippen molar-refractivity contribution in [1.29, 1.82) is 0 Å². The Morgan fingerprint density at radius 3 is 1.46 bits per heavy atom. The van der Waals surface area contributed by atoms with Crippen molar-refractivity contribution >= 4 is 76.1 Å². The molecule has 260 valence electrons. The predicted octanol–water partition coefficient (Wildman–Crippen LogP) is 15.1. The Morgan fingerprint density at radius 2 is 0.768 bits per heavy atom. The van der Waals surface area contributed by atoms with E-state index in [1.165, 1.54) is 82.0 Å². The van der Waals surface area contributed by atoms with Crippen LogP contribution in [-0.2, 0) is 0 Å². The van der Waals surface area contributed by atoms with E-state index in [1.807, 2.05) is 0 Å². The van der Waals surface area contributed by atoms with Crippen molar-refractivity contribution in [3.05, 3.63) is 200 Å². The molecule has 0 aliphatic rings. The second kappa shape index (κ2) is 12.0. The van der Waals surface area contributed by atoms with Gasteiger partial charge in [-0.25, -0.2) is 0 Å². The van der Waals surface area contributed by atoms with Crippen molar-refractivity contribution in [3.63, 3.8) is 0 Å². The molecule has 0 amide bonds. The summed E-state index contributed by atoms with van der Waals surface area (Å²) < 4.78 is 8.94. The van der Waals surface area contributed by atoms with Crippen molar-refractivity contribution in [2.24, 2.45) is 0 Å². The van der Waals surface area contributed by atoms with Gasteiger partial charge in [0.1, 0.15) is 11.2 Å². The zero-order chi connectivity index (χ0) is 36.7. The number of furan rings is 1. The first kappa shape index (κ1) is 31.0. The molecule has 0 saturated heterocycles. The highest BCUT2D eigenvalue weighted by Crippen LogP contribution is 2.43. The maximum atomic E-state index is 6.56. The van der Waals surface area contributed by atoms with Crippen LogP contribution in [-0.4, -0.2) is 4.57 Å². The van der Waals surface area contributed by atoms with E-state index in [-0.39, 0.29) is 0 Å². The molecule has 0 aliphatic carbocycles. The number of rotatable bonds is 4. The fourth-order valence-corrected chi connectivity index (χ4v) is 9.18. The molecule has 2 nitrogen and oxygen atoms in total. The van der Waals surface area contributed by atoms with E-state index in [0.29, 0.717) is 0 Å². The molecule has 2 heterocycles. The first-order chi connectivity index (χ1) is 27.8. The molecular weight excluding hydrogens is 679 g/mol. The molecule has 12 aromatic rings. The Balaban J connectivity index is 1.08. The largest absolute Gasteiger partial charge is 0.456 e. The van der Waals surface area contributed by atoms with Crippen molar-refractivity contribution in [1.82, 2.24) is 4.57 Å². The van der Waals surface area contributed by atoms with Gasteiger partial charge in [-0.05, 0) is 114 Å². The third-order valence-corrected chi connectivity index (χ3v) is 11.8. The fraction of sp³-hybridized carbons (Fsp3) is 0. The van der Waals surface area contributed by atoms with Crippen LogP contribution in [0.1, 0.15) is 0 Å². The smallest absolute Gasteiger partial charge is 0.137 e. The minimum Gasteiger partial charge on any atom is -0.456 e. The maximum absolute atomic E-state index is 6.56. The Bertz CT molecular complexity index is 3480. The molecule has 0 fully saturated rings. The average Bonchev–Trinajstić information content (AvgIpc) is 3.79. The van der Waals surface area contributed by atoms with Crippen molar-refractivity contribution in [2.75, 3.05) is 0 Å². The lowest BCUT2D eigenvalue weighted by molar-refractivity contribution is 0.669. The summed E-state index contributed by atoms with van der Waals surface area (Å²) in [7, 11) is 0. The minimum atomic E-state index is 0.889. The normalized spacial score (nSPS) is 11.9. The maximum Gasteiger partial charge on any atom is 0.137 e. The van der Waals surface area contributed by atoms with Crippen LogP contribution in [0.25, 0.3) is 115 Å². The molecule has 0 unspecified atom stereocenters. The Morgan fingerprint density at radius 1 is 0.268 bits per heavy atom. The molecule has 56 heavy (non-hydrogen) atoms. The van der Waals surface area contributed by atoms with Gasteiger partial charge in [-0.3, -0.25) is 0 Å². The molecule has 10 aromatic carbocycles. The van der Waals surface area contributed by atoms with Crippen LogP contribution < -0.4 is 0 Å². The number of fused-ring (bicyclic) bond motifs is 12. The van der Waals surface area contributed by atoms with Crippen LogP contribution in [0.15, 0.2) is 205 Å². The fourth-order valence-electron chi connectivity index (χ4n) is 9.18. The molecular formula is C54H33NO. The van der Waals surface area contributed by atoms with Gasteiger partial charge in [-0.2, -0.15) is 0 Å². The molecule has 0 saturated carbocycles. The second-order valence-corrected chi connectivity index (χ2v) is 14.8. The lowest BCUT2D eigenvalue weighted by Gasteiger charge is -2.14. The number of para-hydroxylation sites is 1. The molecule has 12 rings (SSSR count). The van der Waals surface area contributed by atoms with Gasteiger partial charge in [0.2, 0.25) is 0 Å². The molecule has 2 heteroatoms. The van der Waals surface area contributed by atoms with Crippen LogP contribution in [0.5, 0.6) is 0 Å². The zero-order valence-electron chi connectivity index (χ0n) is 30.4. The van der Waals surface area contributed by atoms with E-state index < -0.39 is 0 Å². The highest BCUT2D eigenvalue weighted by molar-refractivity contribution is 6.26. The summed E-state index contributed by atoms with van der Waals surface area (Å²) in [4.78, 5) is 0.